The molecule has 1 saturated heterocycles. The summed E-state index contributed by atoms with van der Waals surface area (Å²) in [6.07, 6.45) is 5.86. The number of hydrogen-bond donors (Lipinski definition) is 2. The molecule has 5 nitrogen and oxygen atoms in total. The molecule has 0 saturated carbocycles. The van der Waals surface area contributed by atoms with Crippen molar-refractivity contribution in [1.29, 1.82) is 0 Å². The summed E-state index contributed by atoms with van der Waals surface area (Å²) in [6.45, 7) is 7.18. The molecule has 0 bridgehead atoms. The van der Waals surface area contributed by atoms with E-state index in [1.807, 2.05) is 19.4 Å². The highest BCUT2D eigenvalue weighted by atomic mass is 15.2. The lowest BCUT2D eigenvalue weighted by Crippen LogP contribution is -2.45. The quantitative estimate of drug-likeness (QED) is 0.642. The van der Waals surface area contributed by atoms with Gasteiger partial charge in [-0.25, -0.2) is 0 Å². The molecular formula is C21H29N5. The number of benzene rings is 1. The fourth-order valence-electron chi connectivity index (χ4n) is 3.35. The van der Waals surface area contributed by atoms with Gasteiger partial charge in [0.15, 0.2) is 5.96 Å². The zero-order valence-electron chi connectivity index (χ0n) is 16.0. The summed E-state index contributed by atoms with van der Waals surface area (Å²) in [5.74, 6) is 0.882. The predicted molar refractivity (Wildman–Crippen MR) is 109 cm³/mol. The second-order valence-corrected chi connectivity index (χ2v) is 6.96. The number of pyridine rings is 1. The van der Waals surface area contributed by atoms with Crippen molar-refractivity contribution < 1.29 is 0 Å². The van der Waals surface area contributed by atoms with Crippen LogP contribution in [0.5, 0.6) is 0 Å². The molecule has 0 spiro atoms. The number of nitrogens with zero attached hydrogens (tertiary/aromatic N) is 3. The Labute approximate surface area is 156 Å². The largest absolute Gasteiger partial charge is 0.369 e. The Morgan fingerprint density at radius 2 is 2.04 bits per heavy atom. The zero-order valence-corrected chi connectivity index (χ0v) is 16.0. The molecule has 26 heavy (non-hydrogen) atoms. The van der Waals surface area contributed by atoms with E-state index in [0.29, 0.717) is 6.04 Å². The van der Waals surface area contributed by atoms with Crippen molar-refractivity contribution in [2.45, 2.75) is 32.7 Å². The van der Waals surface area contributed by atoms with Crippen LogP contribution in [-0.2, 0) is 6.42 Å². The van der Waals surface area contributed by atoms with Crippen LogP contribution >= 0.6 is 0 Å². The normalized spacial score (nSPS) is 17.4. The van der Waals surface area contributed by atoms with Gasteiger partial charge in [0.25, 0.3) is 0 Å². The van der Waals surface area contributed by atoms with Crippen LogP contribution in [0.1, 0.15) is 23.1 Å². The van der Waals surface area contributed by atoms with Gasteiger partial charge < -0.3 is 15.5 Å². The first-order valence-electron chi connectivity index (χ1n) is 9.34. The fraction of sp³-hybridized carbons (Fsp3) is 0.429. The second-order valence-electron chi connectivity index (χ2n) is 6.96. The molecule has 138 valence electrons. The molecule has 0 radical (unpaired) electrons. The highest BCUT2D eigenvalue weighted by molar-refractivity contribution is 5.80. The number of aromatic nitrogens is 1. The molecule has 1 aliphatic heterocycles. The van der Waals surface area contributed by atoms with E-state index >= 15 is 0 Å². The number of rotatable bonds is 5. The maximum Gasteiger partial charge on any atom is 0.191 e. The first-order valence-corrected chi connectivity index (χ1v) is 9.34. The molecule has 2 aromatic rings. The third-order valence-corrected chi connectivity index (χ3v) is 4.98. The van der Waals surface area contributed by atoms with Crippen LogP contribution in [0, 0.1) is 13.8 Å². The molecule has 2 heterocycles. The third-order valence-electron chi connectivity index (χ3n) is 4.98. The molecule has 1 unspecified atom stereocenters. The Bertz CT molecular complexity index is 738. The monoisotopic (exact) mass is 351 g/mol. The van der Waals surface area contributed by atoms with Crippen LogP contribution in [0.15, 0.2) is 47.7 Å². The molecule has 0 aliphatic carbocycles. The van der Waals surface area contributed by atoms with Gasteiger partial charge in [-0.15, -0.1) is 0 Å². The van der Waals surface area contributed by atoms with Crippen molar-refractivity contribution in [3.8, 4) is 0 Å². The minimum atomic E-state index is 0.421. The average Bonchev–Trinajstić information content (AvgIpc) is 3.11. The first kappa shape index (κ1) is 18.2. The van der Waals surface area contributed by atoms with Gasteiger partial charge in [-0.1, -0.05) is 17.7 Å². The van der Waals surface area contributed by atoms with Gasteiger partial charge in [0, 0.05) is 50.8 Å². The zero-order chi connectivity index (χ0) is 18.4. The number of aliphatic imine (C=N–C) groups is 1. The lowest BCUT2D eigenvalue weighted by Gasteiger charge is -2.20. The average molecular weight is 351 g/mol. The minimum absolute atomic E-state index is 0.421. The molecule has 1 aromatic carbocycles. The summed E-state index contributed by atoms with van der Waals surface area (Å²) in [6, 6.07) is 11.3. The molecule has 0 amide bonds. The number of guanidine groups is 1. The van der Waals surface area contributed by atoms with Crippen LogP contribution in [0.2, 0.25) is 0 Å². The Hall–Kier alpha value is -2.56. The number of aryl methyl sites for hydroxylation is 2. The maximum atomic E-state index is 4.38. The van der Waals surface area contributed by atoms with E-state index in [2.05, 4.69) is 69.7 Å². The van der Waals surface area contributed by atoms with E-state index in [1.165, 1.54) is 22.4 Å². The number of nitrogens with one attached hydrogen (secondary N) is 2. The summed E-state index contributed by atoms with van der Waals surface area (Å²) in [5, 5.41) is 7.00. The van der Waals surface area contributed by atoms with Gasteiger partial charge in [-0.3, -0.25) is 9.98 Å². The molecule has 2 N–H and O–H groups in total. The highest BCUT2D eigenvalue weighted by Crippen LogP contribution is 2.20. The third kappa shape index (κ3) is 4.75. The van der Waals surface area contributed by atoms with Crippen molar-refractivity contribution in [2.75, 3.05) is 31.6 Å². The Balaban J connectivity index is 1.47. The van der Waals surface area contributed by atoms with Crippen molar-refractivity contribution in [1.82, 2.24) is 15.6 Å². The van der Waals surface area contributed by atoms with Gasteiger partial charge in [0.2, 0.25) is 0 Å². The SMILES string of the molecule is CN=C(NCCc1ccncc1C)NC1CCN(c2ccc(C)cc2)C1. The number of anilines is 1. The van der Waals surface area contributed by atoms with Gasteiger partial charge in [0.1, 0.15) is 0 Å². The van der Waals surface area contributed by atoms with E-state index in [0.717, 1.165) is 38.4 Å². The Kier molecular flexibility index (Phi) is 6.10. The molecule has 1 aromatic heterocycles. The van der Waals surface area contributed by atoms with E-state index < -0.39 is 0 Å². The lowest BCUT2D eigenvalue weighted by molar-refractivity contribution is 0.648. The molecule has 5 heteroatoms. The smallest absolute Gasteiger partial charge is 0.191 e. The summed E-state index contributed by atoms with van der Waals surface area (Å²) in [4.78, 5) is 11.0. The van der Waals surface area contributed by atoms with Gasteiger partial charge in [-0.05, 0) is 56.0 Å². The van der Waals surface area contributed by atoms with E-state index in [-0.39, 0.29) is 0 Å². The minimum Gasteiger partial charge on any atom is -0.369 e. The van der Waals surface area contributed by atoms with Crippen molar-refractivity contribution in [3.63, 3.8) is 0 Å². The molecular weight excluding hydrogens is 322 g/mol. The van der Waals surface area contributed by atoms with E-state index in [4.69, 9.17) is 0 Å². The van der Waals surface area contributed by atoms with Crippen LogP contribution < -0.4 is 15.5 Å². The molecule has 1 fully saturated rings. The predicted octanol–water partition coefficient (Wildman–Crippen LogP) is 2.68. The summed E-state index contributed by atoms with van der Waals surface area (Å²) >= 11 is 0. The van der Waals surface area contributed by atoms with Crippen LogP contribution in [0.4, 0.5) is 5.69 Å². The van der Waals surface area contributed by atoms with Gasteiger partial charge >= 0.3 is 0 Å². The molecule has 1 aliphatic rings. The van der Waals surface area contributed by atoms with Crippen LogP contribution in [-0.4, -0.2) is 43.7 Å². The molecule has 1 atom stereocenters. The van der Waals surface area contributed by atoms with E-state index in [9.17, 15) is 0 Å². The molecule has 3 rings (SSSR count). The Morgan fingerprint density at radius 1 is 1.23 bits per heavy atom. The van der Waals surface area contributed by atoms with Crippen molar-refractivity contribution >= 4 is 11.6 Å². The van der Waals surface area contributed by atoms with Crippen LogP contribution in [0.3, 0.4) is 0 Å². The standard InChI is InChI=1S/C21H29N5/c1-16-4-6-20(7-5-16)26-13-10-19(15-26)25-21(22-3)24-12-9-18-8-11-23-14-17(18)2/h4-8,11,14,19H,9-10,12-13,15H2,1-3H3,(H2,22,24,25). The van der Waals surface area contributed by atoms with Gasteiger partial charge in [-0.2, -0.15) is 0 Å². The summed E-state index contributed by atoms with van der Waals surface area (Å²) < 4.78 is 0. The lowest BCUT2D eigenvalue weighted by atomic mass is 10.1. The topological polar surface area (TPSA) is 52.6 Å². The highest BCUT2D eigenvalue weighted by Gasteiger charge is 2.23. The summed E-state index contributed by atoms with van der Waals surface area (Å²) in [7, 11) is 1.83. The first-order chi connectivity index (χ1) is 12.7. The fourth-order valence-corrected chi connectivity index (χ4v) is 3.35. The maximum absolute atomic E-state index is 4.38. The van der Waals surface area contributed by atoms with E-state index in [1.54, 1.807) is 0 Å². The van der Waals surface area contributed by atoms with Gasteiger partial charge in [0.05, 0.1) is 0 Å². The Morgan fingerprint density at radius 3 is 2.77 bits per heavy atom. The van der Waals surface area contributed by atoms with Crippen molar-refractivity contribution in [3.05, 3.63) is 59.4 Å². The van der Waals surface area contributed by atoms with Crippen molar-refractivity contribution in [2.24, 2.45) is 4.99 Å². The second kappa shape index (κ2) is 8.70. The van der Waals surface area contributed by atoms with Crippen LogP contribution in [0.25, 0.3) is 0 Å². The number of hydrogen-bond acceptors (Lipinski definition) is 3. The summed E-state index contributed by atoms with van der Waals surface area (Å²) in [5.41, 5.74) is 5.17.